The number of fused-ring (bicyclic) bond motifs is 2. The molecule has 2 unspecified atom stereocenters. The van der Waals surface area contributed by atoms with E-state index in [2.05, 4.69) is 6.42 Å². The van der Waals surface area contributed by atoms with Crippen LogP contribution >= 0.6 is 0 Å². The first-order valence-corrected chi connectivity index (χ1v) is 4.44. The SMILES string of the molecule is C[CH-]C.[CH-]1CC2CCC1C2.[W+2].[W].[W].[W]. The molecule has 0 amide bonds. The third-order valence-electron chi connectivity index (χ3n) is 2.38. The molecule has 2 atom stereocenters. The normalized spacial score (nSPS) is 25.3. The monoisotopic (exact) mass is 874 g/mol. The Morgan fingerprint density at radius 3 is 1.64 bits per heavy atom. The largest absolute Gasteiger partial charge is 2.00 e. The molecule has 0 nitrogen and oxygen atoms in total. The summed E-state index contributed by atoms with van der Waals surface area (Å²) >= 11 is 0. The molecule has 4 heteroatoms. The van der Waals surface area contributed by atoms with Crippen molar-refractivity contribution in [3.8, 4) is 0 Å². The molecule has 0 radical (unpaired) electrons. The quantitative estimate of drug-likeness (QED) is 0.329. The van der Waals surface area contributed by atoms with Gasteiger partial charge in [0.05, 0.1) is 0 Å². The Bertz CT molecular complexity index is 80.1. The first-order valence-electron chi connectivity index (χ1n) is 4.44. The molecule has 0 spiro atoms. The second-order valence-corrected chi connectivity index (χ2v) is 3.49. The molecule has 0 aromatic rings. The summed E-state index contributed by atoms with van der Waals surface area (Å²) in [6, 6.07) is 0. The Labute approximate surface area is 147 Å². The second kappa shape index (κ2) is 15.8. The first kappa shape index (κ1) is 25.6. The van der Waals surface area contributed by atoms with Gasteiger partial charge < -0.3 is 12.8 Å². The van der Waals surface area contributed by atoms with Gasteiger partial charge in [-0.3, -0.25) is 0 Å². The molecule has 82 valence electrons. The summed E-state index contributed by atoms with van der Waals surface area (Å²) in [5.41, 5.74) is 0. The zero-order chi connectivity index (χ0) is 7.40. The fourth-order valence-electron chi connectivity index (χ4n) is 1.93. The van der Waals surface area contributed by atoms with E-state index in [1.807, 2.05) is 20.3 Å². The zero-order valence-electron chi connectivity index (χ0n) is 8.77. The van der Waals surface area contributed by atoms with E-state index in [1.54, 1.807) is 0 Å². The summed E-state index contributed by atoms with van der Waals surface area (Å²) in [4.78, 5) is 0. The van der Waals surface area contributed by atoms with Crippen molar-refractivity contribution in [2.75, 3.05) is 0 Å². The van der Waals surface area contributed by atoms with E-state index in [9.17, 15) is 0 Å². The van der Waals surface area contributed by atoms with E-state index < -0.39 is 0 Å². The Morgan fingerprint density at radius 1 is 1.07 bits per heavy atom. The third-order valence-corrected chi connectivity index (χ3v) is 2.38. The Hall–Kier alpha value is 2.75. The maximum absolute atomic E-state index is 2.51. The van der Waals surface area contributed by atoms with Crippen LogP contribution < -0.4 is 0 Å². The molecule has 0 saturated heterocycles. The predicted molar refractivity (Wildman–Crippen MR) is 45.4 cm³/mol. The average Bonchev–Trinajstić information content (AvgIpc) is 2.49. The van der Waals surface area contributed by atoms with E-state index in [0.29, 0.717) is 0 Å². The van der Waals surface area contributed by atoms with Gasteiger partial charge in [0.25, 0.3) is 0 Å². The summed E-state index contributed by atoms with van der Waals surface area (Å²) in [6.45, 7) is 4.00. The first-order chi connectivity index (χ1) is 4.86. The molecule has 2 aliphatic rings. The maximum atomic E-state index is 2.51. The van der Waals surface area contributed by atoms with Crippen LogP contribution in [-0.4, -0.2) is 0 Å². The summed E-state index contributed by atoms with van der Waals surface area (Å²) in [5, 5.41) is 0. The van der Waals surface area contributed by atoms with Gasteiger partial charge in [0.15, 0.2) is 0 Å². The van der Waals surface area contributed by atoms with E-state index >= 15 is 0 Å². The molecule has 0 aliphatic heterocycles. The Kier molecular flexibility index (Phi) is 28.8. The molecule has 2 saturated carbocycles. The van der Waals surface area contributed by atoms with Crippen LogP contribution in [0.25, 0.3) is 0 Å². The molecular formula is C10H18W4. The second-order valence-electron chi connectivity index (χ2n) is 3.49. The standard InChI is InChI=1S/C7H11.C3H7.4W/c1-2-7-4-3-6(1)5-7;1-3-2;;;;/h1,6-7H,2-5H2;3H,1-2H3;;;;/q2*-1;;;;+2. The minimum atomic E-state index is 0. The Morgan fingerprint density at radius 2 is 1.57 bits per heavy atom. The van der Waals surface area contributed by atoms with Crippen molar-refractivity contribution < 1.29 is 84.3 Å². The van der Waals surface area contributed by atoms with Gasteiger partial charge in [0.1, 0.15) is 0 Å². The minimum Gasteiger partial charge on any atom is -0.335 e. The molecule has 2 aliphatic carbocycles. The fraction of sp³-hybridized carbons (Fsp3) is 0.800. The van der Waals surface area contributed by atoms with Gasteiger partial charge in [0, 0.05) is 63.2 Å². The van der Waals surface area contributed by atoms with Crippen molar-refractivity contribution in [3.63, 3.8) is 0 Å². The average molecular weight is 874 g/mol. The molecule has 2 bridgehead atoms. The molecule has 0 aromatic heterocycles. The van der Waals surface area contributed by atoms with Gasteiger partial charge in [-0.25, -0.2) is 0 Å². The van der Waals surface area contributed by atoms with Crippen molar-refractivity contribution >= 4 is 0 Å². The molecular weight excluding hydrogens is 855 g/mol. The van der Waals surface area contributed by atoms with E-state index in [0.717, 1.165) is 11.8 Å². The van der Waals surface area contributed by atoms with Crippen LogP contribution in [0.15, 0.2) is 0 Å². The minimum absolute atomic E-state index is 0. The van der Waals surface area contributed by atoms with Crippen molar-refractivity contribution in [1.82, 2.24) is 0 Å². The van der Waals surface area contributed by atoms with Gasteiger partial charge >= 0.3 is 21.1 Å². The fourth-order valence-corrected chi connectivity index (χ4v) is 1.93. The third kappa shape index (κ3) is 9.94. The molecule has 0 heterocycles. The van der Waals surface area contributed by atoms with Crippen LogP contribution in [0.1, 0.15) is 39.5 Å². The molecule has 0 N–H and O–H groups in total. The van der Waals surface area contributed by atoms with Gasteiger partial charge in [0.2, 0.25) is 0 Å². The van der Waals surface area contributed by atoms with Crippen molar-refractivity contribution in [1.29, 1.82) is 0 Å². The topological polar surface area (TPSA) is 0 Å². The van der Waals surface area contributed by atoms with Crippen LogP contribution in [0.3, 0.4) is 0 Å². The summed E-state index contributed by atoms with van der Waals surface area (Å²) in [6.07, 6.45) is 10.5. The smallest absolute Gasteiger partial charge is 0.335 e. The van der Waals surface area contributed by atoms with Crippen LogP contribution in [0.5, 0.6) is 0 Å². The summed E-state index contributed by atoms with van der Waals surface area (Å²) in [7, 11) is 0. The van der Waals surface area contributed by atoms with Gasteiger partial charge in [-0.15, -0.1) is 0 Å². The van der Waals surface area contributed by atoms with Crippen molar-refractivity contribution in [2.45, 2.75) is 39.5 Å². The molecule has 14 heavy (non-hydrogen) atoms. The Balaban J connectivity index is -0.0000000662. The maximum Gasteiger partial charge on any atom is 2.00 e. The number of hydrogen-bond donors (Lipinski definition) is 0. The van der Waals surface area contributed by atoms with Gasteiger partial charge in [-0.2, -0.15) is 26.2 Å². The van der Waals surface area contributed by atoms with Crippen LogP contribution in [0.4, 0.5) is 0 Å². The van der Waals surface area contributed by atoms with Crippen LogP contribution in [0.2, 0.25) is 0 Å². The summed E-state index contributed by atoms with van der Waals surface area (Å²) in [5.74, 6) is 2.16. The summed E-state index contributed by atoms with van der Waals surface area (Å²) < 4.78 is 0. The van der Waals surface area contributed by atoms with E-state index in [1.165, 1.54) is 25.7 Å². The van der Waals surface area contributed by atoms with Gasteiger partial charge in [-0.1, -0.05) is 25.2 Å². The van der Waals surface area contributed by atoms with Crippen LogP contribution in [0, 0.1) is 24.7 Å². The zero-order valence-corrected chi connectivity index (χ0v) is 20.5. The molecule has 2 fully saturated rings. The molecule has 0 aromatic carbocycles. The van der Waals surface area contributed by atoms with Gasteiger partial charge in [-0.05, 0) is 0 Å². The van der Waals surface area contributed by atoms with Crippen molar-refractivity contribution in [3.05, 3.63) is 12.8 Å². The van der Waals surface area contributed by atoms with Crippen molar-refractivity contribution in [2.24, 2.45) is 11.8 Å². The van der Waals surface area contributed by atoms with Crippen LogP contribution in [-0.2, 0) is 84.3 Å². The predicted octanol–water partition coefficient (Wildman–Crippen LogP) is 3.23. The number of hydrogen-bond acceptors (Lipinski definition) is 0. The van der Waals surface area contributed by atoms with E-state index in [-0.39, 0.29) is 84.3 Å². The molecule has 2 rings (SSSR count). The number of rotatable bonds is 0. The van der Waals surface area contributed by atoms with E-state index in [4.69, 9.17) is 0 Å².